The van der Waals surface area contributed by atoms with Crippen molar-refractivity contribution in [2.24, 2.45) is 0 Å². The van der Waals surface area contributed by atoms with E-state index in [-0.39, 0.29) is 5.91 Å². The van der Waals surface area contributed by atoms with E-state index in [0.717, 1.165) is 25.2 Å². The fourth-order valence-corrected chi connectivity index (χ4v) is 3.03. The molecular weight excluding hydrogens is 356 g/mol. The molecular formula is C22H30N2O4. The summed E-state index contributed by atoms with van der Waals surface area (Å²) < 4.78 is 16.0. The number of rotatable bonds is 10. The summed E-state index contributed by atoms with van der Waals surface area (Å²) in [7, 11) is 4.56. The largest absolute Gasteiger partial charge is 0.493 e. The molecule has 2 aromatic carbocycles. The highest BCUT2D eigenvalue weighted by molar-refractivity contribution is 5.98. The van der Waals surface area contributed by atoms with Gasteiger partial charge in [0, 0.05) is 13.1 Å². The van der Waals surface area contributed by atoms with Crippen molar-refractivity contribution in [1.82, 2.24) is 10.2 Å². The summed E-state index contributed by atoms with van der Waals surface area (Å²) in [5, 5.41) is 2.94. The van der Waals surface area contributed by atoms with Gasteiger partial charge in [-0.15, -0.1) is 0 Å². The summed E-state index contributed by atoms with van der Waals surface area (Å²) in [4.78, 5) is 15.0. The molecule has 0 heterocycles. The summed E-state index contributed by atoms with van der Waals surface area (Å²) in [5.41, 5.74) is 2.70. The van der Waals surface area contributed by atoms with E-state index in [0.29, 0.717) is 29.4 Å². The summed E-state index contributed by atoms with van der Waals surface area (Å²) in [6.07, 6.45) is 0. The summed E-state index contributed by atoms with van der Waals surface area (Å²) in [6.45, 7) is 7.75. The van der Waals surface area contributed by atoms with Gasteiger partial charge in [-0.25, -0.2) is 0 Å². The molecule has 0 saturated heterocycles. The van der Waals surface area contributed by atoms with Gasteiger partial charge in [-0.3, -0.25) is 9.69 Å². The lowest BCUT2D eigenvalue weighted by Crippen LogP contribution is -2.24. The van der Waals surface area contributed by atoms with Gasteiger partial charge in [0.15, 0.2) is 11.5 Å². The highest BCUT2D eigenvalue weighted by Crippen LogP contribution is 2.39. The number of carbonyl (C=O) groups is 1. The first kappa shape index (κ1) is 21.6. The van der Waals surface area contributed by atoms with Crippen LogP contribution in [0, 0.1) is 0 Å². The molecule has 0 saturated carbocycles. The molecule has 2 aromatic rings. The maximum Gasteiger partial charge on any atom is 0.255 e. The Labute approximate surface area is 167 Å². The molecule has 0 aliphatic heterocycles. The lowest BCUT2D eigenvalue weighted by molar-refractivity contribution is 0.0947. The Morgan fingerprint density at radius 2 is 1.46 bits per heavy atom. The highest BCUT2D eigenvalue weighted by atomic mass is 16.5. The van der Waals surface area contributed by atoms with E-state index in [4.69, 9.17) is 14.2 Å². The van der Waals surface area contributed by atoms with E-state index in [9.17, 15) is 4.79 Å². The average Bonchev–Trinajstić information content (AvgIpc) is 2.75. The van der Waals surface area contributed by atoms with Crippen molar-refractivity contribution < 1.29 is 19.0 Å². The number of methoxy groups -OCH3 is 3. The number of hydrogen-bond acceptors (Lipinski definition) is 5. The number of ether oxygens (including phenoxy) is 3. The molecule has 0 spiro atoms. The second-order valence-corrected chi connectivity index (χ2v) is 6.34. The zero-order valence-corrected chi connectivity index (χ0v) is 17.4. The van der Waals surface area contributed by atoms with Gasteiger partial charge < -0.3 is 19.5 Å². The van der Waals surface area contributed by atoms with Crippen molar-refractivity contribution >= 4 is 5.91 Å². The second-order valence-electron chi connectivity index (χ2n) is 6.34. The first-order valence-electron chi connectivity index (χ1n) is 9.45. The van der Waals surface area contributed by atoms with Crippen LogP contribution in [-0.2, 0) is 13.1 Å². The average molecular weight is 386 g/mol. The Morgan fingerprint density at radius 1 is 0.857 bits per heavy atom. The molecule has 2 rings (SSSR count). The van der Waals surface area contributed by atoms with Crippen LogP contribution in [0.2, 0.25) is 0 Å². The number of amides is 1. The zero-order valence-electron chi connectivity index (χ0n) is 17.4. The van der Waals surface area contributed by atoms with Crippen LogP contribution in [0.5, 0.6) is 17.2 Å². The first-order chi connectivity index (χ1) is 13.6. The van der Waals surface area contributed by atoms with E-state index < -0.39 is 0 Å². The number of carbonyl (C=O) groups excluding carboxylic acids is 1. The topological polar surface area (TPSA) is 60.0 Å². The third-order valence-corrected chi connectivity index (χ3v) is 4.73. The van der Waals surface area contributed by atoms with Gasteiger partial charge in [-0.1, -0.05) is 38.1 Å². The Balaban J connectivity index is 2.06. The molecule has 0 aliphatic rings. The molecule has 28 heavy (non-hydrogen) atoms. The lowest BCUT2D eigenvalue weighted by Gasteiger charge is -2.18. The van der Waals surface area contributed by atoms with Crippen molar-refractivity contribution in [3.63, 3.8) is 0 Å². The molecule has 0 radical (unpaired) electrons. The van der Waals surface area contributed by atoms with Gasteiger partial charge in [0.05, 0.1) is 26.9 Å². The van der Waals surface area contributed by atoms with Gasteiger partial charge >= 0.3 is 0 Å². The fourth-order valence-electron chi connectivity index (χ4n) is 3.03. The van der Waals surface area contributed by atoms with Gasteiger partial charge in [-0.05, 0) is 36.3 Å². The van der Waals surface area contributed by atoms with Crippen LogP contribution < -0.4 is 19.5 Å². The predicted molar refractivity (Wildman–Crippen MR) is 110 cm³/mol. The molecule has 1 N–H and O–H groups in total. The maximum absolute atomic E-state index is 12.7. The number of nitrogens with one attached hydrogen (secondary N) is 1. The van der Waals surface area contributed by atoms with E-state index >= 15 is 0 Å². The van der Waals surface area contributed by atoms with Crippen LogP contribution in [0.15, 0.2) is 36.4 Å². The van der Waals surface area contributed by atoms with Crippen LogP contribution in [0.1, 0.15) is 35.3 Å². The van der Waals surface area contributed by atoms with E-state index in [1.165, 1.54) is 19.8 Å². The molecule has 0 atom stereocenters. The predicted octanol–water partition coefficient (Wildman–Crippen LogP) is 3.48. The van der Waals surface area contributed by atoms with Crippen LogP contribution in [-0.4, -0.2) is 45.2 Å². The Morgan fingerprint density at radius 3 is 2.00 bits per heavy atom. The Kier molecular flexibility index (Phi) is 8.14. The number of benzene rings is 2. The minimum absolute atomic E-state index is 0.231. The third-order valence-electron chi connectivity index (χ3n) is 4.73. The fraction of sp³-hybridized carbons (Fsp3) is 0.409. The number of nitrogens with zero attached hydrogens (tertiary/aromatic N) is 1. The third kappa shape index (κ3) is 5.16. The summed E-state index contributed by atoms with van der Waals surface area (Å²) >= 11 is 0. The van der Waals surface area contributed by atoms with Crippen LogP contribution in [0.25, 0.3) is 0 Å². The van der Waals surface area contributed by atoms with Gasteiger partial charge in [0.25, 0.3) is 5.91 Å². The van der Waals surface area contributed by atoms with Gasteiger partial charge in [-0.2, -0.15) is 0 Å². The van der Waals surface area contributed by atoms with Crippen molar-refractivity contribution in [3.05, 3.63) is 53.1 Å². The van der Waals surface area contributed by atoms with E-state index in [2.05, 4.69) is 36.2 Å². The van der Waals surface area contributed by atoms with E-state index in [1.54, 1.807) is 19.2 Å². The lowest BCUT2D eigenvalue weighted by atomic mass is 10.1. The standard InChI is InChI=1S/C22H30N2O4/c1-6-24(7-2)15-17-10-8-16(9-11-17)14-23-22(25)18-12-13-19(26-3)21(28-5)20(18)27-4/h8-13H,6-7,14-15H2,1-5H3,(H,23,25). The van der Waals surface area contributed by atoms with Crippen molar-refractivity contribution in [1.29, 1.82) is 0 Å². The minimum Gasteiger partial charge on any atom is -0.493 e. The van der Waals surface area contributed by atoms with Crippen molar-refractivity contribution in [3.8, 4) is 17.2 Å². The first-order valence-corrected chi connectivity index (χ1v) is 9.45. The normalized spacial score (nSPS) is 10.6. The molecule has 0 aromatic heterocycles. The van der Waals surface area contributed by atoms with Crippen LogP contribution in [0.3, 0.4) is 0 Å². The molecule has 0 bridgehead atoms. The second kappa shape index (κ2) is 10.6. The molecule has 0 aliphatic carbocycles. The number of hydrogen-bond donors (Lipinski definition) is 1. The smallest absolute Gasteiger partial charge is 0.255 e. The van der Waals surface area contributed by atoms with Gasteiger partial charge in [0.1, 0.15) is 0 Å². The van der Waals surface area contributed by atoms with Crippen LogP contribution in [0.4, 0.5) is 0 Å². The molecule has 1 amide bonds. The Bertz CT molecular complexity index is 771. The maximum atomic E-state index is 12.7. The van der Waals surface area contributed by atoms with Crippen molar-refractivity contribution in [2.75, 3.05) is 34.4 Å². The quantitative estimate of drug-likeness (QED) is 0.677. The molecule has 0 fully saturated rings. The highest BCUT2D eigenvalue weighted by Gasteiger charge is 2.20. The zero-order chi connectivity index (χ0) is 20.5. The minimum atomic E-state index is -0.231. The summed E-state index contributed by atoms with van der Waals surface area (Å²) in [5.74, 6) is 1.04. The van der Waals surface area contributed by atoms with Gasteiger partial charge in [0.2, 0.25) is 5.75 Å². The van der Waals surface area contributed by atoms with Crippen molar-refractivity contribution in [2.45, 2.75) is 26.9 Å². The molecule has 152 valence electrons. The molecule has 6 nitrogen and oxygen atoms in total. The summed E-state index contributed by atoms with van der Waals surface area (Å²) in [6, 6.07) is 11.7. The molecule has 6 heteroatoms. The molecule has 0 unspecified atom stereocenters. The SMILES string of the molecule is CCN(CC)Cc1ccc(CNC(=O)c2ccc(OC)c(OC)c2OC)cc1. The van der Waals surface area contributed by atoms with E-state index in [1.807, 2.05) is 12.1 Å². The van der Waals surface area contributed by atoms with Crippen LogP contribution >= 0.6 is 0 Å². The Hall–Kier alpha value is -2.73. The monoisotopic (exact) mass is 386 g/mol.